The first-order valence-electron chi connectivity index (χ1n) is 5.91. The van der Waals surface area contributed by atoms with Crippen LogP contribution in [0, 0.1) is 0 Å². The number of imidazole rings is 1. The average Bonchev–Trinajstić information content (AvgIpc) is 2.75. The molecule has 5 N–H and O–H groups in total. The van der Waals surface area contributed by atoms with E-state index in [0.29, 0.717) is 17.2 Å². The molecule has 0 aromatic carbocycles. The lowest BCUT2D eigenvalue weighted by Gasteiger charge is -2.20. The molecule has 0 bridgehead atoms. The van der Waals surface area contributed by atoms with Gasteiger partial charge in [-0.2, -0.15) is 0 Å². The molecular weight excluding hydrogens is 262 g/mol. The van der Waals surface area contributed by atoms with Crippen molar-refractivity contribution in [3.63, 3.8) is 0 Å². The predicted molar refractivity (Wildman–Crippen MR) is 71.7 cm³/mol. The number of rotatable bonds is 6. The van der Waals surface area contributed by atoms with E-state index in [1.807, 2.05) is 0 Å². The van der Waals surface area contributed by atoms with E-state index in [1.165, 1.54) is 4.90 Å². The molecule has 20 heavy (non-hydrogen) atoms. The molecule has 106 valence electrons. The molecule has 0 unspecified atom stereocenters. The van der Waals surface area contributed by atoms with Crippen LogP contribution < -0.4 is 16.4 Å². The number of aliphatic hydroxyl groups is 1. The third kappa shape index (κ3) is 2.69. The molecule has 0 radical (unpaired) electrons. The Morgan fingerprint density at radius 1 is 1.25 bits per heavy atom. The van der Waals surface area contributed by atoms with Crippen LogP contribution in [0.5, 0.6) is 0 Å². The highest BCUT2D eigenvalue weighted by molar-refractivity contribution is 5.85. The Labute approximate surface area is 114 Å². The Morgan fingerprint density at radius 3 is 2.45 bits per heavy atom. The molecular formula is C12H15N5O3. The Bertz CT molecular complexity index is 636. The first-order valence-corrected chi connectivity index (χ1v) is 5.91. The van der Waals surface area contributed by atoms with Gasteiger partial charge in [0.2, 0.25) is 11.8 Å². The molecule has 2 heterocycles. The zero-order valence-electron chi connectivity index (χ0n) is 10.7. The molecule has 0 aliphatic carbocycles. The summed E-state index contributed by atoms with van der Waals surface area (Å²) >= 11 is 0. The molecule has 2 amide bonds. The summed E-state index contributed by atoms with van der Waals surface area (Å²) in [6.07, 6.45) is 1.73. The van der Waals surface area contributed by atoms with Crippen molar-refractivity contribution in [1.29, 1.82) is 0 Å². The number of pyridine rings is 1. The standard InChI is InChI=1S/C12H15N5O3/c13-9(19)5-16(6-10(14)20)12-8(7-18)17-4-2-1-3-11(17)15-12/h1-4,18H,5-7H2,(H2,13,19)(H2,14,20). The number of anilines is 1. The number of nitrogens with two attached hydrogens (primary N) is 2. The van der Waals surface area contributed by atoms with Crippen molar-refractivity contribution in [3.05, 3.63) is 30.1 Å². The second-order valence-corrected chi connectivity index (χ2v) is 4.26. The van der Waals surface area contributed by atoms with Crippen LogP contribution in [0.15, 0.2) is 24.4 Å². The first kappa shape index (κ1) is 13.8. The van der Waals surface area contributed by atoms with E-state index in [2.05, 4.69) is 4.98 Å². The summed E-state index contributed by atoms with van der Waals surface area (Å²) in [6.45, 7) is -0.714. The topological polar surface area (TPSA) is 127 Å². The van der Waals surface area contributed by atoms with Crippen molar-refractivity contribution in [2.75, 3.05) is 18.0 Å². The number of primary amides is 2. The Kier molecular flexibility index (Phi) is 3.85. The maximum absolute atomic E-state index is 11.1. The number of hydrogen-bond acceptors (Lipinski definition) is 5. The van der Waals surface area contributed by atoms with E-state index in [1.54, 1.807) is 28.8 Å². The molecule has 2 aromatic rings. The van der Waals surface area contributed by atoms with E-state index in [-0.39, 0.29) is 19.7 Å². The number of carbonyl (C=O) groups is 2. The molecule has 0 fully saturated rings. The van der Waals surface area contributed by atoms with E-state index in [4.69, 9.17) is 11.5 Å². The summed E-state index contributed by atoms with van der Waals surface area (Å²) in [5.74, 6) is -0.921. The maximum atomic E-state index is 11.1. The van der Waals surface area contributed by atoms with Crippen molar-refractivity contribution >= 4 is 23.3 Å². The molecule has 0 spiro atoms. The van der Waals surface area contributed by atoms with Crippen molar-refractivity contribution in [1.82, 2.24) is 9.38 Å². The minimum Gasteiger partial charge on any atom is -0.390 e. The zero-order valence-corrected chi connectivity index (χ0v) is 10.7. The van der Waals surface area contributed by atoms with Crippen LogP contribution in [-0.2, 0) is 16.2 Å². The number of aromatic nitrogens is 2. The van der Waals surface area contributed by atoms with Gasteiger partial charge < -0.3 is 21.5 Å². The van der Waals surface area contributed by atoms with Gasteiger partial charge in [-0.05, 0) is 12.1 Å². The Hall–Kier alpha value is -2.61. The number of aliphatic hydroxyl groups excluding tert-OH is 1. The van der Waals surface area contributed by atoms with Crippen LogP contribution in [0.3, 0.4) is 0 Å². The molecule has 8 nitrogen and oxygen atoms in total. The molecule has 0 atom stereocenters. The van der Waals surface area contributed by atoms with E-state index in [9.17, 15) is 14.7 Å². The third-order valence-corrected chi connectivity index (χ3v) is 2.75. The molecule has 8 heteroatoms. The van der Waals surface area contributed by atoms with Gasteiger partial charge in [0.05, 0.1) is 25.4 Å². The van der Waals surface area contributed by atoms with Crippen LogP contribution in [0.2, 0.25) is 0 Å². The Balaban J connectivity index is 2.51. The predicted octanol–water partition coefficient (Wildman–Crippen LogP) is -1.40. The quantitative estimate of drug-likeness (QED) is 0.598. The van der Waals surface area contributed by atoms with Gasteiger partial charge in [0.1, 0.15) is 5.65 Å². The smallest absolute Gasteiger partial charge is 0.237 e. The summed E-state index contributed by atoms with van der Waals surface area (Å²) in [5.41, 5.74) is 11.4. The van der Waals surface area contributed by atoms with E-state index >= 15 is 0 Å². The number of amides is 2. The van der Waals surface area contributed by atoms with Gasteiger partial charge >= 0.3 is 0 Å². The van der Waals surface area contributed by atoms with Gasteiger partial charge in [-0.3, -0.25) is 14.0 Å². The minimum atomic E-state index is -0.618. The maximum Gasteiger partial charge on any atom is 0.237 e. The number of carbonyl (C=O) groups excluding carboxylic acids is 2. The van der Waals surface area contributed by atoms with Crippen LogP contribution in [0.4, 0.5) is 5.82 Å². The van der Waals surface area contributed by atoms with Gasteiger partial charge in [0, 0.05) is 6.20 Å². The zero-order chi connectivity index (χ0) is 14.7. The van der Waals surface area contributed by atoms with Crippen molar-refractivity contribution in [2.45, 2.75) is 6.61 Å². The monoisotopic (exact) mass is 277 g/mol. The highest BCUT2D eigenvalue weighted by atomic mass is 16.3. The van der Waals surface area contributed by atoms with Gasteiger partial charge in [-0.25, -0.2) is 4.98 Å². The molecule has 2 aromatic heterocycles. The Morgan fingerprint density at radius 2 is 1.90 bits per heavy atom. The fourth-order valence-corrected chi connectivity index (χ4v) is 2.02. The fourth-order valence-electron chi connectivity index (χ4n) is 2.02. The normalized spacial score (nSPS) is 10.7. The van der Waals surface area contributed by atoms with Crippen molar-refractivity contribution < 1.29 is 14.7 Å². The van der Waals surface area contributed by atoms with Gasteiger partial charge in [0.15, 0.2) is 5.82 Å². The lowest BCUT2D eigenvalue weighted by Crippen LogP contribution is -2.40. The summed E-state index contributed by atoms with van der Waals surface area (Å²) in [4.78, 5) is 27.9. The van der Waals surface area contributed by atoms with Crippen molar-refractivity contribution in [2.24, 2.45) is 11.5 Å². The van der Waals surface area contributed by atoms with Crippen LogP contribution in [-0.4, -0.2) is 39.4 Å². The third-order valence-electron chi connectivity index (χ3n) is 2.75. The van der Waals surface area contributed by atoms with Gasteiger partial charge in [0.25, 0.3) is 0 Å². The molecule has 0 aliphatic rings. The SMILES string of the molecule is NC(=O)CN(CC(N)=O)c1nc2ccccn2c1CO. The largest absolute Gasteiger partial charge is 0.390 e. The van der Waals surface area contributed by atoms with Gasteiger partial charge in [-0.1, -0.05) is 6.07 Å². The average molecular weight is 277 g/mol. The molecule has 0 saturated carbocycles. The highest BCUT2D eigenvalue weighted by Gasteiger charge is 2.20. The number of hydrogen-bond donors (Lipinski definition) is 3. The van der Waals surface area contributed by atoms with E-state index in [0.717, 1.165) is 0 Å². The lowest BCUT2D eigenvalue weighted by molar-refractivity contribution is -0.117. The van der Waals surface area contributed by atoms with Crippen LogP contribution in [0.25, 0.3) is 5.65 Å². The van der Waals surface area contributed by atoms with E-state index < -0.39 is 11.8 Å². The minimum absolute atomic E-state index is 0.209. The molecule has 0 saturated heterocycles. The summed E-state index contributed by atoms with van der Waals surface area (Å²) in [5, 5.41) is 9.50. The highest BCUT2D eigenvalue weighted by Crippen LogP contribution is 2.21. The molecule has 2 rings (SSSR count). The summed E-state index contributed by atoms with van der Waals surface area (Å²) in [6, 6.07) is 5.32. The van der Waals surface area contributed by atoms with Crippen molar-refractivity contribution in [3.8, 4) is 0 Å². The summed E-state index contributed by atoms with van der Waals surface area (Å²) < 4.78 is 1.67. The summed E-state index contributed by atoms with van der Waals surface area (Å²) in [7, 11) is 0. The number of fused-ring (bicyclic) bond motifs is 1. The number of nitrogens with zero attached hydrogens (tertiary/aromatic N) is 3. The van der Waals surface area contributed by atoms with Gasteiger partial charge in [-0.15, -0.1) is 0 Å². The second kappa shape index (κ2) is 5.57. The fraction of sp³-hybridized carbons (Fsp3) is 0.250. The lowest BCUT2D eigenvalue weighted by atomic mass is 10.3. The van der Waals surface area contributed by atoms with Crippen LogP contribution in [0.1, 0.15) is 5.69 Å². The first-order chi connectivity index (χ1) is 9.52. The molecule has 0 aliphatic heterocycles. The van der Waals surface area contributed by atoms with Crippen LogP contribution >= 0.6 is 0 Å². The second-order valence-electron chi connectivity index (χ2n) is 4.26.